The van der Waals surface area contributed by atoms with Crippen LogP contribution in [0.2, 0.25) is 0 Å². The second kappa shape index (κ2) is 6.60. The number of benzene rings is 1. The van der Waals surface area contributed by atoms with Crippen LogP contribution in [-0.4, -0.2) is 38.6 Å². The van der Waals surface area contributed by atoms with Gasteiger partial charge in [-0.05, 0) is 47.5 Å². The van der Waals surface area contributed by atoms with E-state index in [0.717, 1.165) is 11.3 Å². The summed E-state index contributed by atoms with van der Waals surface area (Å²) in [6.07, 6.45) is 2.28. The van der Waals surface area contributed by atoms with E-state index in [1.165, 1.54) is 11.0 Å². The number of amides is 2. The molecule has 110 valence electrons. The van der Waals surface area contributed by atoms with E-state index in [1.807, 2.05) is 6.92 Å². The normalized spacial score (nSPS) is 10.3. The van der Waals surface area contributed by atoms with Crippen molar-refractivity contribution in [2.24, 2.45) is 5.73 Å². The first-order valence-electron chi connectivity index (χ1n) is 6.48. The van der Waals surface area contributed by atoms with Gasteiger partial charge in [0.25, 0.3) is 5.91 Å². The molecule has 0 aliphatic rings. The number of nitrogens with two attached hydrogens (primary N) is 1. The molecule has 8 heteroatoms. The third kappa shape index (κ3) is 3.85. The van der Waals surface area contributed by atoms with Crippen LogP contribution in [0.4, 0.5) is 0 Å². The highest BCUT2D eigenvalue weighted by Gasteiger charge is 2.09. The number of carbonyl (C=O) groups excluding carboxylic acids is 2. The molecule has 1 heterocycles. The molecular formula is C13H16N6O2. The lowest BCUT2D eigenvalue weighted by molar-refractivity contribution is -0.118. The van der Waals surface area contributed by atoms with E-state index in [-0.39, 0.29) is 18.2 Å². The Kier molecular flexibility index (Phi) is 4.60. The van der Waals surface area contributed by atoms with Crippen LogP contribution in [-0.2, 0) is 4.79 Å². The first kappa shape index (κ1) is 14.6. The largest absolute Gasteiger partial charge is 0.370 e. The standard InChI is InChI=1S/C13H16N6O2/c1-9-7-10(13(21)15-6-2-3-12(14)20)4-5-11(9)19-8-16-17-18-19/h4-5,7-8H,2-3,6H2,1H3,(H2,14,20)(H,15,21). The summed E-state index contributed by atoms with van der Waals surface area (Å²) < 4.78 is 1.53. The van der Waals surface area contributed by atoms with E-state index in [4.69, 9.17) is 5.73 Å². The van der Waals surface area contributed by atoms with Gasteiger partial charge in [-0.2, -0.15) is 0 Å². The van der Waals surface area contributed by atoms with Crippen LogP contribution in [0.1, 0.15) is 28.8 Å². The second-order valence-electron chi connectivity index (χ2n) is 4.58. The highest BCUT2D eigenvalue weighted by atomic mass is 16.2. The average Bonchev–Trinajstić information content (AvgIpc) is 2.97. The highest BCUT2D eigenvalue weighted by molar-refractivity contribution is 5.94. The van der Waals surface area contributed by atoms with Gasteiger partial charge in [0.2, 0.25) is 5.91 Å². The first-order chi connectivity index (χ1) is 10.1. The molecule has 0 fully saturated rings. The van der Waals surface area contributed by atoms with E-state index in [0.29, 0.717) is 18.5 Å². The monoisotopic (exact) mass is 288 g/mol. The number of hydrogen-bond acceptors (Lipinski definition) is 5. The zero-order chi connectivity index (χ0) is 15.2. The fourth-order valence-electron chi connectivity index (χ4n) is 1.89. The van der Waals surface area contributed by atoms with Crippen LogP contribution in [0.15, 0.2) is 24.5 Å². The Balaban J connectivity index is 1.99. The third-order valence-corrected chi connectivity index (χ3v) is 2.94. The molecule has 3 N–H and O–H groups in total. The van der Waals surface area contributed by atoms with E-state index >= 15 is 0 Å². The molecule has 1 aromatic heterocycles. The van der Waals surface area contributed by atoms with Crippen molar-refractivity contribution >= 4 is 11.8 Å². The highest BCUT2D eigenvalue weighted by Crippen LogP contribution is 2.14. The second-order valence-corrected chi connectivity index (χ2v) is 4.58. The number of hydrogen-bond donors (Lipinski definition) is 2. The molecule has 2 amide bonds. The van der Waals surface area contributed by atoms with Gasteiger partial charge >= 0.3 is 0 Å². The lowest BCUT2D eigenvalue weighted by Crippen LogP contribution is -2.25. The van der Waals surface area contributed by atoms with Crippen LogP contribution < -0.4 is 11.1 Å². The van der Waals surface area contributed by atoms with Crippen LogP contribution in [0, 0.1) is 6.92 Å². The van der Waals surface area contributed by atoms with Gasteiger partial charge in [-0.15, -0.1) is 5.10 Å². The molecule has 2 rings (SSSR count). The number of nitrogens with one attached hydrogen (secondary N) is 1. The lowest BCUT2D eigenvalue weighted by Gasteiger charge is -2.08. The maximum atomic E-state index is 12.0. The molecule has 0 saturated heterocycles. The van der Waals surface area contributed by atoms with Crippen molar-refractivity contribution < 1.29 is 9.59 Å². The van der Waals surface area contributed by atoms with Gasteiger partial charge in [0.1, 0.15) is 6.33 Å². The number of carbonyl (C=O) groups is 2. The summed E-state index contributed by atoms with van der Waals surface area (Å²) in [4.78, 5) is 22.6. The molecule has 0 unspecified atom stereocenters. The van der Waals surface area contributed by atoms with Crippen molar-refractivity contribution in [1.29, 1.82) is 0 Å². The fourth-order valence-corrected chi connectivity index (χ4v) is 1.89. The number of rotatable bonds is 6. The van der Waals surface area contributed by atoms with E-state index in [2.05, 4.69) is 20.8 Å². The topological polar surface area (TPSA) is 116 Å². The Morgan fingerprint density at radius 3 is 2.81 bits per heavy atom. The van der Waals surface area contributed by atoms with Gasteiger partial charge in [0.15, 0.2) is 0 Å². The first-order valence-corrected chi connectivity index (χ1v) is 6.48. The van der Waals surface area contributed by atoms with E-state index in [1.54, 1.807) is 18.2 Å². The number of aryl methyl sites for hydroxylation is 1. The predicted molar refractivity (Wildman–Crippen MR) is 74.7 cm³/mol. The number of nitrogens with zero attached hydrogens (tertiary/aromatic N) is 4. The van der Waals surface area contributed by atoms with Gasteiger partial charge in [-0.25, -0.2) is 4.68 Å². The summed E-state index contributed by atoms with van der Waals surface area (Å²) in [6.45, 7) is 2.29. The van der Waals surface area contributed by atoms with Gasteiger partial charge in [-0.3, -0.25) is 9.59 Å². The van der Waals surface area contributed by atoms with Gasteiger partial charge in [0, 0.05) is 18.5 Å². The minimum absolute atomic E-state index is 0.189. The van der Waals surface area contributed by atoms with E-state index in [9.17, 15) is 9.59 Å². The molecule has 0 aliphatic carbocycles. The molecule has 0 spiro atoms. The molecule has 8 nitrogen and oxygen atoms in total. The molecule has 2 aromatic rings. The van der Waals surface area contributed by atoms with Crippen molar-refractivity contribution in [3.05, 3.63) is 35.7 Å². The SMILES string of the molecule is Cc1cc(C(=O)NCCCC(N)=O)ccc1-n1cnnn1. The van der Waals surface area contributed by atoms with Crippen LogP contribution >= 0.6 is 0 Å². The number of primary amides is 1. The van der Waals surface area contributed by atoms with Gasteiger partial charge < -0.3 is 11.1 Å². The molecule has 0 radical (unpaired) electrons. The quantitative estimate of drug-likeness (QED) is 0.724. The van der Waals surface area contributed by atoms with E-state index < -0.39 is 0 Å². The van der Waals surface area contributed by atoms with Gasteiger partial charge in [-0.1, -0.05) is 0 Å². The van der Waals surface area contributed by atoms with Crippen molar-refractivity contribution in [3.8, 4) is 5.69 Å². The summed E-state index contributed by atoms with van der Waals surface area (Å²) in [5.74, 6) is -0.559. The Hall–Kier alpha value is -2.77. The van der Waals surface area contributed by atoms with Gasteiger partial charge in [0.05, 0.1) is 5.69 Å². The Morgan fingerprint density at radius 2 is 2.19 bits per heavy atom. The summed E-state index contributed by atoms with van der Waals surface area (Å²) in [5, 5.41) is 13.7. The van der Waals surface area contributed by atoms with Crippen LogP contribution in [0.25, 0.3) is 5.69 Å². The Bertz CT molecular complexity index is 638. The minimum Gasteiger partial charge on any atom is -0.370 e. The van der Waals surface area contributed by atoms with Crippen molar-refractivity contribution in [3.63, 3.8) is 0 Å². The number of tetrazole rings is 1. The summed E-state index contributed by atoms with van der Waals surface area (Å²) in [5.41, 5.74) is 7.27. The van der Waals surface area contributed by atoms with Crippen molar-refractivity contribution in [1.82, 2.24) is 25.5 Å². The average molecular weight is 288 g/mol. The van der Waals surface area contributed by atoms with Crippen LogP contribution in [0.5, 0.6) is 0 Å². The molecule has 0 saturated carbocycles. The number of aromatic nitrogens is 4. The Morgan fingerprint density at radius 1 is 1.38 bits per heavy atom. The van der Waals surface area contributed by atoms with Crippen molar-refractivity contribution in [2.75, 3.05) is 6.54 Å². The lowest BCUT2D eigenvalue weighted by atomic mass is 10.1. The maximum absolute atomic E-state index is 12.0. The molecule has 0 bridgehead atoms. The minimum atomic E-state index is -0.370. The molecular weight excluding hydrogens is 272 g/mol. The molecule has 21 heavy (non-hydrogen) atoms. The van der Waals surface area contributed by atoms with Crippen molar-refractivity contribution in [2.45, 2.75) is 19.8 Å². The zero-order valence-electron chi connectivity index (χ0n) is 11.6. The molecule has 0 aliphatic heterocycles. The van der Waals surface area contributed by atoms with Crippen LogP contribution in [0.3, 0.4) is 0 Å². The smallest absolute Gasteiger partial charge is 0.251 e. The molecule has 0 atom stereocenters. The third-order valence-electron chi connectivity index (χ3n) is 2.94. The maximum Gasteiger partial charge on any atom is 0.251 e. The summed E-state index contributed by atoms with van der Waals surface area (Å²) in [6, 6.07) is 5.25. The summed E-state index contributed by atoms with van der Waals surface area (Å²) in [7, 11) is 0. The summed E-state index contributed by atoms with van der Waals surface area (Å²) >= 11 is 0. The Labute approximate surface area is 121 Å². The molecule has 1 aromatic carbocycles. The predicted octanol–water partition coefficient (Wildman–Crippen LogP) is -0.0340. The zero-order valence-corrected chi connectivity index (χ0v) is 11.6. The fraction of sp³-hybridized carbons (Fsp3) is 0.308.